The number of methoxy groups -OCH3 is 1. The topological polar surface area (TPSA) is 70.1 Å². The number of halogens is 1. The molecule has 0 unspecified atom stereocenters. The summed E-state index contributed by atoms with van der Waals surface area (Å²) >= 11 is 6.15. The van der Waals surface area contributed by atoms with Crippen LogP contribution in [0.3, 0.4) is 0 Å². The fourth-order valence-corrected chi connectivity index (χ4v) is 4.68. The molecule has 6 nitrogen and oxygen atoms in total. The molecule has 3 rings (SSSR count). The zero-order chi connectivity index (χ0) is 19.6. The summed E-state index contributed by atoms with van der Waals surface area (Å²) in [6.45, 7) is 4.28. The molecule has 1 N–H and O–H groups in total. The smallest absolute Gasteiger partial charge is 0.226 e. The van der Waals surface area contributed by atoms with Gasteiger partial charge < -0.3 is 19.6 Å². The molecule has 0 radical (unpaired) electrons. The first-order valence-corrected chi connectivity index (χ1v) is 9.73. The van der Waals surface area contributed by atoms with Crippen LogP contribution in [0.15, 0.2) is 18.2 Å². The van der Waals surface area contributed by atoms with Gasteiger partial charge in [-0.25, -0.2) is 0 Å². The maximum atomic E-state index is 12.7. The number of benzene rings is 1. The first kappa shape index (κ1) is 20.0. The lowest BCUT2D eigenvalue weighted by molar-refractivity contribution is -0.134. The molecular weight excluding hydrogens is 368 g/mol. The highest BCUT2D eigenvalue weighted by atomic mass is 35.5. The number of ether oxygens (including phenoxy) is 1. The van der Waals surface area contributed by atoms with Crippen molar-refractivity contribution in [1.82, 2.24) is 9.80 Å². The van der Waals surface area contributed by atoms with Gasteiger partial charge in [-0.15, -0.1) is 0 Å². The maximum absolute atomic E-state index is 12.7. The van der Waals surface area contributed by atoms with Crippen molar-refractivity contribution in [2.24, 2.45) is 11.3 Å². The number of nitrogens with zero attached hydrogens (tertiary/aromatic N) is 2. The van der Waals surface area contributed by atoms with Gasteiger partial charge in [-0.1, -0.05) is 17.7 Å². The average Bonchev–Trinajstić information content (AvgIpc) is 3.01. The van der Waals surface area contributed by atoms with Crippen LogP contribution >= 0.6 is 11.6 Å². The van der Waals surface area contributed by atoms with E-state index in [0.717, 1.165) is 18.4 Å². The summed E-state index contributed by atoms with van der Waals surface area (Å²) in [5.74, 6) is 0.825. The molecule has 27 heavy (non-hydrogen) atoms. The molecule has 2 fully saturated rings. The number of likely N-dealkylation sites (tertiary alicyclic amines) is 2. The lowest BCUT2D eigenvalue weighted by Gasteiger charge is -2.42. The number of aliphatic hydroxyl groups is 1. The first-order chi connectivity index (χ1) is 12.9. The van der Waals surface area contributed by atoms with Gasteiger partial charge in [-0.3, -0.25) is 9.59 Å². The van der Waals surface area contributed by atoms with E-state index in [2.05, 4.69) is 0 Å². The largest absolute Gasteiger partial charge is 0.495 e. The van der Waals surface area contributed by atoms with Gasteiger partial charge in [0.1, 0.15) is 5.75 Å². The summed E-state index contributed by atoms with van der Waals surface area (Å²) in [6.07, 6.45) is 1.94. The molecule has 0 aliphatic carbocycles. The normalized spacial score (nSPS) is 21.6. The maximum Gasteiger partial charge on any atom is 0.226 e. The van der Waals surface area contributed by atoms with Crippen LogP contribution in [0, 0.1) is 11.3 Å². The van der Waals surface area contributed by atoms with Crippen molar-refractivity contribution in [3.8, 4) is 5.75 Å². The second-order valence-electron chi connectivity index (χ2n) is 7.67. The minimum atomic E-state index is -0.0688. The average molecular weight is 395 g/mol. The number of amides is 2. The molecule has 2 heterocycles. The van der Waals surface area contributed by atoms with E-state index < -0.39 is 0 Å². The van der Waals surface area contributed by atoms with Crippen molar-refractivity contribution in [3.05, 3.63) is 28.8 Å². The fourth-order valence-electron chi connectivity index (χ4n) is 4.40. The monoisotopic (exact) mass is 394 g/mol. The van der Waals surface area contributed by atoms with E-state index in [9.17, 15) is 14.7 Å². The lowest BCUT2D eigenvalue weighted by Crippen LogP contribution is -2.47. The Hall–Kier alpha value is -1.79. The van der Waals surface area contributed by atoms with Crippen LogP contribution in [0.5, 0.6) is 5.75 Å². The molecule has 0 bridgehead atoms. The molecule has 2 aliphatic heterocycles. The second-order valence-corrected chi connectivity index (χ2v) is 8.08. The second kappa shape index (κ2) is 8.07. The van der Waals surface area contributed by atoms with Gasteiger partial charge in [-0.05, 0) is 36.0 Å². The van der Waals surface area contributed by atoms with Gasteiger partial charge in [0.25, 0.3) is 0 Å². The van der Waals surface area contributed by atoms with Crippen molar-refractivity contribution in [2.45, 2.75) is 26.2 Å². The van der Waals surface area contributed by atoms with Crippen LogP contribution in [0.25, 0.3) is 0 Å². The first-order valence-electron chi connectivity index (χ1n) is 9.35. The Balaban J connectivity index is 1.61. The molecule has 148 valence electrons. The van der Waals surface area contributed by atoms with E-state index >= 15 is 0 Å². The quantitative estimate of drug-likeness (QED) is 0.847. The molecule has 1 aromatic rings. The molecule has 0 aromatic heterocycles. The summed E-state index contributed by atoms with van der Waals surface area (Å²) in [5, 5.41) is 10.3. The highest BCUT2D eigenvalue weighted by molar-refractivity contribution is 6.32. The third kappa shape index (κ3) is 4.06. The third-order valence-electron chi connectivity index (χ3n) is 6.16. The van der Waals surface area contributed by atoms with Gasteiger partial charge in [0, 0.05) is 45.6 Å². The Morgan fingerprint density at radius 3 is 2.56 bits per heavy atom. The molecule has 2 amide bonds. The van der Waals surface area contributed by atoms with Crippen LogP contribution in [0.2, 0.25) is 5.02 Å². The van der Waals surface area contributed by atoms with Crippen LogP contribution in [-0.4, -0.2) is 66.6 Å². The fraction of sp³-hybridized carbons (Fsp3) is 0.600. The number of rotatable bonds is 4. The van der Waals surface area contributed by atoms with Gasteiger partial charge in [0.15, 0.2) is 0 Å². The van der Waals surface area contributed by atoms with Crippen molar-refractivity contribution in [1.29, 1.82) is 0 Å². The van der Waals surface area contributed by atoms with E-state index in [0.29, 0.717) is 43.4 Å². The molecule has 2 aliphatic rings. The minimum absolute atomic E-state index is 0.0558. The molecule has 1 aromatic carbocycles. The highest BCUT2D eigenvalue weighted by Crippen LogP contribution is 2.44. The van der Waals surface area contributed by atoms with E-state index in [4.69, 9.17) is 16.3 Å². The van der Waals surface area contributed by atoms with Gasteiger partial charge in [0.05, 0.1) is 18.6 Å². The van der Waals surface area contributed by atoms with Crippen molar-refractivity contribution in [2.75, 3.05) is 39.9 Å². The molecule has 2 saturated heterocycles. The predicted molar refractivity (Wildman–Crippen MR) is 103 cm³/mol. The lowest BCUT2D eigenvalue weighted by atomic mass is 9.71. The molecule has 1 atom stereocenters. The zero-order valence-corrected chi connectivity index (χ0v) is 16.7. The number of piperidine rings is 1. The highest BCUT2D eigenvalue weighted by Gasteiger charge is 2.48. The number of aliphatic hydroxyl groups excluding tert-OH is 1. The Kier molecular flexibility index (Phi) is 5.96. The molecular formula is C20H27ClN2O4. The van der Waals surface area contributed by atoms with Crippen LogP contribution in [-0.2, 0) is 16.0 Å². The SMILES string of the molecule is COc1ccc(CC(=O)N2CCC3(CC2)CN(C(C)=O)C[C@@H]3CO)cc1Cl. The van der Waals surface area contributed by atoms with E-state index in [-0.39, 0.29) is 29.8 Å². The van der Waals surface area contributed by atoms with Crippen LogP contribution in [0.1, 0.15) is 25.3 Å². The Labute approximate surface area is 165 Å². The molecule has 0 saturated carbocycles. The summed E-state index contributed by atoms with van der Waals surface area (Å²) < 4.78 is 5.15. The number of carbonyl (C=O) groups excluding carboxylic acids is 2. The van der Waals surface area contributed by atoms with E-state index in [1.165, 1.54) is 0 Å². The van der Waals surface area contributed by atoms with Gasteiger partial charge >= 0.3 is 0 Å². The zero-order valence-electron chi connectivity index (χ0n) is 15.9. The van der Waals surface area contributed by atoms with Gasteiger partial charge in [0.2, 0.25) is 11.8 Å². The number of hydrogen-bond donors (Lipinski definition) is 1. The number of hydrogen-bond acceptors (Lipinski definition) is 4. The van der Waals surface area contributed by atoms with E-state index in [1.54, 1.807) is 26.2 Å². The Morgan fingerprint density at radius 1 is 1.30 bits per heavy atom. The minimum Gasteiger partial charge on any atom is -0.495 e. The summed E-state index contributed by atoms with van der Waals surface area (Å²) in [7, 11) is 1.56. The standard InChI is InChI=1S/C20H27ClN2O4/c1-14(25)23-11-16(12-24)20(13-23)5-7-22(8-6-20)19(26)10-15-3-4-18(27-2)17(21)9-15/h3-4,9,16,24H,5-8,10-13H2,1-2H3/t16-/m1/s1. The Morgan fingerprint density at radius 2 is 2.00 bits per heavy atom. The van der Waals surface area contributed by atoms with Crippen molar-refractivity contribution < 1.29 is 19.4 Å². The Bertz CT molecular complexity index is 716. The van der Waals surface area contributed by atoms with Crippen LogP contribution < -0.4 is 4.74 Å². The van der Waals surface area contributed by atoms with E-state index in [1.807, 2.05) is 15.9 Å². The van der Waals surface area contributed by atoms with Crippen molar-refractivity contribution in [3.63, 3.8) is 0 Å². The van der Waals surface area contributed by atoms with Crippen LogP contribution in [0.4, 0.5) is 0 Å². The molecule has 7 heteroatoms. The third-order valence-corrected chi connectivity index (χ3v) is 6.46. The summed E-state index contributed by atoms with van der Waals surface area (Å²) in [5.41, 5.74) is 0.795. The summed E-state index contributed by atoms with van der Waals surface area (Å²) in [6, 6.07) is 5.40. The van der Waals surface area contributed by atoms with Gasteiger partial charge in [-0.2, -0.15) is 0 Å². The number of carbonyl (C=O) groups is 2. The van der Waals surface area contributed by atoms with Crippen molar-refractivity contribution >= 4 is 23.4 Å². The predicted octanol–water partition coefficient (Wildman–Crippen LogP) is 1.97. The summed E-state index contributed by atoms with van der Waals surface area (Å²) in [4.78, 5) is 28.2. The molecule has 1 spiro atoms.